The minimum Gasteiger partial charge on any atom is -0.478 e. The molecule has 0 amide bonds. The molecule has 0 fully saturated rings. The Balaban J connectivity index is 1.81. The predicted molar refractivity (Wildman–Crippen MR) is 75.7 cm³/mol. The van der Waals surface area contributed by atoms with Crippen LogP contribution in [-0.2, 0) is 6.54 Å². The summed E-state index contributed by atoms with van der Waals surface area (Å²) in [6.07, 6.45) is 8.20. The Hall–Kier alpha value is -1.79. The van der Waals surface area contributed by atoms with Crippen LogP contribution in [-0.4, -0.2) is 13.2 Å². The van der Waals surface area contributed by atoms with Crippen molar-refractivity contribution in [3.05, 3.63) is 42.0 Å². The van der Waals surface area contributed by atoms with Gasteiger partial charge in [0.05, 0.1) is 0 Å². The van der Waals surface area contributed by atoms with Crippen molar-refractivity contribution < 1.29 is 4.74 Å². The number of hydrogen-bond donors (Lipinski definition) is 1. The molecule has 0 radical (unpaired) electrons. The van der Waals surface area contributed by atoms with Crippen LogP contribution in [0.2, 0.25) is 0 Å². The number of hydrogen-bond acceptors (Lipinski definition) is 3. The van der Waals surface area contributed by atoms with Crippen molar-refractivity contribution >= 4 is 0 Å². The topological polar surface area (TPSA) is 45.0 Å². The van der Waals surface area contributed by atoms with E-state index in [1.165, 1.54) is 19.3 Å². The van der Waals surface area contributed by atoms with E-state index in [0.717, 1.165) is 30.3 Å². The van der Waals surface area contributed by atoms with Gasteiger partial charge in [-0.15, -0.1) is 0 Å². The molecule has 1 atom stereocenters. The number of nitriles is 1. The van der Waals surface area contributed by atoms with E-state index in [2.05, 4.69) is 17.5 Å². The van der Waals surface area contributed by atoms with E-state index >= 15 is 0 Å². The van der Waals surface area contributed by atoms with Gasteiger partial charge in [-0.3, -0.25) is 0 Å². The van der Waals surface area contributed by atoms with Crippen LogP contribution in [0.15, 0.2) is 36.4 Å². The van der Waals surface area contributed by atoms with E-state index in [0.29, 0.717) is 0 Å². The van der Waals surface area contributed by atoms with Gasteiger partial charge in [-0.25, -0.2) is 0 Å². The van der Waals surface area contributed by atoms with E-state index in [9.17, 15) is 0 Å². The minimum absolute atomic E-state index is 0.102. The van der Waals surface area contributed by atoms with Crippen LogP contribution in [0.3, 0.4) is 0 Å². The summed E-state index contributed by atoms with van der Waals surface area (Å²) < 4.78 is 5.42. The zero-order valence-electron chi connectivity index (χ0n) is 11.1. The molecule has 3 nitrogen and oxygen atoms in total. The van der Waals surface area contributed by atoms with E-state index in [1.54, 1.807) is 0 Å². The Bertz CT molecular complexity index is 462. The average Bonchev–Trinajstić information content (AvgIpc) is 2.47. The lowest BCUT2D eigenvalue weighted by Gasteiger charge is -2.18. The Morgan fingerprint density at radius 2 is 2.21 bits per heavy atom. The summed E-state index contributed by atoms with van der Waals surface area (Å²) in [6, 6.07) is 9.89. The first kappa shape index (κ1) is 13.6. The van der Waals surface area contributed by atoms with E-state index in [-0.39, 0.29) is 6.61 Å². The number of nitrogens with one attached hydrogen (secondary N) is 1. The molecular weight excluding hydrogens is 236 g/mol. The minimum atomic E-state index is 0.102. The molecule has 0 saturated heterocycles. The molecule has 1 aliphatic carbocycles. The van der Waals surface area contributed by atoms with E-state index < -0.39 is 0 Å². The molecule has 0 spiro atoms. The van der Waals surface area contributed by atoms with Crippen LogP contribution >= 0.6 is 0 Å². The van der Waals surface area contributed by atoms with Gasteiger partial charge in [-0.1, -0.05) is 30.4 Å². The lowest BCUT2D eigenvalue weighted by atomic mass is 9.94. The number of benzene rings is 1. The smallest absolute Gasteiger partial charge is 0.174 e. The number of allylic oxidation sites excluding steroid dienone is 2. The number of ether oxygens (including phenoxy) is 1. The Kier molecular flexibility index (Phi) is 5.46. The second kappa shape index (κ2) is 7.60. The molecule has 0 bridgehead atoms. The van der Waals surface area contributed by atoms with Crippen LogP contribution in [0.25, 0.3) is 0 Å². The second-order valence-electron chi connectivity index (χ2n) is 4.84. The molecule has 0 aromatic heterocycles. The molecule has 1 unspecified atom stereocenters. The summed E-state index contributed by atoms with van der Waals surface area (Å²) in [5.41, 5.74) is 1.11. The molecule has 19 heavy (non-hydrogen) atoms. The van der Waals surface area contributed by atoms with Gasteiger partial charge in [0, 0.05) is 12.1 Å². The highest BCUT2D eigenvalue weighted by Gasteiger charge is 2.09. The molecule has 1 aromatic rings. The number of para-hydroxylation sites is 1. The summed E-state index contributed by atoms with van der Waals surface area (Å²) in [5, 5.41) is 12.1. The van der Waals surface area contributed by atoms with Crippen LogP contribution in [0.1, 0.15) is 24.8 Å². The van der Waals surface area contributed by atoms with Gasteiger partial charge in [-0.05, 0) is 37.8 Å². The summed E-state index contributed by atoms with van der Waals surface area (Å²) in [7, 11) is 0. The van der Waals surface area contributed by atoms with Crippen molar-refractivity contribution in [2.45, 2.75) is 25.8 Å². The second-order valence-corrected chi connectivity index (χ2v) is 4.84. The van der Waals surface area contributed by atoms with Crippen molar-refractivity contribution in [3.63, 3.8) is 0 Å². The number of rotatable bonds is 6. The molecular formula is C16H20N2O. The van der Waals surface area contributed by atoms with Gasteiger partial charge in [0.2, 0.25) is 0 Å². The van der Waals surface area contributed by atoms with Crippen molar-refractivity contribution in [2.75, 3.05) is 13.2 Å². The van der Waals surface area contributed by atoms with Gasteiger partial charge >= 0.3 is 0 Å². The molecule has 1 aliphatic rings. The Labute approximate surface area is 114 Å². The van der Waals surface area contributed by atoms with Gasteiger partial charge in [0.15, 0.2) is 6.61 Å². The van der Waals surface area contributed by atoms with Crippen molar-refractivity contribution in [3.8, 4) is 11.8 Å². The third kappa shape index (κ3) is 4.42. The molecule has 100 valence electrons. The van der Waals surface area contributed by atoms with Crippen LogP contribution < -0.4 is 10.1 Å². The lowest BCUT2D eigenvalue weighted by Crippen LogP contribution is -2.23. The van der Waals surface area contributed by atoms with E-state index in [1.807, 2.05) is 30.3 Å². The van der Waals surface area contributed by atoms with Gasteiger partial charge < -0.3 is 10.1 Å². The first-order valence-electron chi connectivity index (χ1n) is 6.83. The zero-order valence-corrected chi connectivity index (χ0v) is 11.1. The third-order valence-corrected chi connectivity index (χ3v) is 3.39. The lowest BCUT2D eigenvalue weighted by molar-refractivity contribution is 0.361. The molecule has 0 heterocycles. The predicted octanol–water partition coefficient (Wildman–Crippen LogP) is 3.03. The maximum Gasteiger partial charge on any atom is 0.174 e. The quantitative estimate of drug-likeness (QED) is 0.796. The Morgan fingerprint density at radius 3 is 3.00 bits per heavy atom. The molecule has 3 heteroatoms. The van der Waals surface area contributed by atoms with Crippen molar-refractivity contribution in [2.24, 2.45) is 5.92 Å². The number of nitrogens with zero attached hydrogens (tertiary/aromatic N) is 1. The van der Waals surface area contributed by atoms with Crippen LogP contribution in [0, 0.1) is 17.2 Å². The zero-order chi connectivity index (χ0) is 13.3. The first-order chi connectivity index (χ1) is 9.40. The first-order valence-corrected chi connectivity index (χ1v) is 6.83. The molecule has 0 aliphatic heterocycles. The molecule has 1 aromatic carbocycles. The maximum atomic E-state index is 8.57. The van der Waals surface area contributed by atoms with Crippen LogP contribution in [0.4, 0.5) is 0 Å². The van der Waals surface area contributed by atoms with Crippen LogP contribution in [0.5, 0.6) is 5.75 Å². The molecule has 0 saturated carbocycles. The Morgan fingerprint density at radius 1 is 1.32 bits per heavy atom. The fourth-order valence-corrected chi connectivity index (χ4v) is 2.35. The highest BCUT2D eigenvalue weighted by atomic mass is 16.5. The fraction of sp³-hybridized carbons (Fsp3) is 0.438. The summed E-state index contributed by atoms with van der Waals surface area (Å²) >= 11 is 0. The standard InChI is InChI=1S/C16H20N2O/c17-10-11-19-16-9-5-4-8-15(16)13-18-12-14-6-2-1-3-7-14/h1-2,4-5,8-9,14,18H,3,6-7,11-13H2. The summed E-state index contributed by atoms with van der Waals surface area (Å²) in [6.45, 7) is 1.93. The van der Waals surface area contributed by atoms with Gasteiger partial charge in [-0.2, -0.15) is 5.26 Å². The largest absolute Gasteiger partial charge is 0.478 e. The highest BCUT2D eigenvalue weighted by molar-refractivity contribution is 5.33. The fourth-order valence-electron chi connectivity index (χ4n) is 2.35. The highest BCUT2D eigenvalue weighted by Crippen LogP contribution is 2.19. The SMILES string of the molecule is N#CCOc1ccccc1CNCC1CC=CCC1. The molecule has 1 N–H and O–H groups in total. The van der Waals surface area contributed by atoms with E-state index in [4.69, 9.17) is 10.00 Å². The van der Waals surface area contributed by atoms with Crippen molar-refractivity contribution in [1.29, 1.82) is 5.26 Å². The monoisotopic (exact) mass is 256 g/mol. The summed E-state index contributed by atoms with van der Waals surface area (Å²) in [4.78, 5) is 0. The average molecular weight is 256 g/mol. The molecule has 2 rings (SSSR count). The van der Waals surface area contributed by atoms with Gasteiger partial charge in [0.25, 0.3) is 0 Å². The third-order valence-electron chi connectivity index (χ3n) is 3.39. The normalized spacial score (nSPS) is 17.9. The maximum absolute atomic E-state index is 8.57. The van der Waals surface area contributed by atoms with Gasteiger partial charge in [0.1, 0.15) is 11.8 Å². The van der Waals surface area contributed by atoms with Crippen molar-refractivity contribution in [1.82, 2.24) is 5.32 Å². The summed E-state index contributed by atoms with van der Waals surface area (Å²) in [5.74, 6) is 1.55.